The molecule has 1 aromatic rings. The van der Waals surface area contributed by atoms with Crippen molar-refractivity contribution < 1.29 is 14.7 Å². The Bertz CT molecular complexity index is 360. The number of carbonyl (C=O) groups excluding carboxylic acids is 1. The molecule has 74 valence electrons. The van der Waals surface area contributed by atoms with Gasteiger partial charge in [0.05, 0.1) is 23.7 Å². The lowest BCUT2D eigenvalue weighted by Crippen LogP contribution is -2.16. The summed E-state index contributed by atoms with van der Waals surface area (Å²) in [4.78, 5) is 21.9. The van der Waals surface area contributed by atoms with Gasteiger partial charge in [0.2, 0.25) is 5.91 Å². The summed E-state index contributed by atoms with van der Waals surface area (Å²) in [5.74, 6) is -2.06. The van der Waals surface area contributed by atoms with Crippen LogP contribution in [0.15, 0.2) is 12.4 Å². The summed E-state index contributed by atoms with van der Waals surface area (Å²) in [6.07, 6.45) is 3.44. The lowest BCUT2D eigenvalue weighted by molar-refractivity contribution is -0.139. The molecular weight excluding hydrogens is 186 g/mol. The lowest BCUT2D eigenvalue weighted by atomic mass is 10.3. The average Bonchev–Trinajstić information content (AvgIpc) is 2.80. The molecule has 1 heterocycles. The molecule has 0 bridgehead atoms. The molecule has 1 aliphatic rings. The van der Waals surface area contributed by atoms with Gasteiger partial charge in [-0.05, 0) is 6.42 Å². The van der Waals surface area contributed by atoms with Gasteiger partial charge in [-0.2, -0.15) is 5.10 Å². The van der Waals surface area contributed by atoms with E-state index in [0.717, 1.165) is 0 Å². The van der Waals surface area contributed by atoms with Gasteiger partial charge in [0.25, 0.3) is 0 Å². The number of carboxylic acids is 1. The number of hydrogen-bond donors (Lipinski definition) is 3. The van der Waals surface area contributed by atoms with Crippen molar-refractivity contribution in [3.63, 3.8) is 0 Å². The van der Waals surface area contributed by atoms with Crippen LogP contribution in [0.3, 0.4) is 0 Å². The Morgan fingerprint density at radius 3 is 2.86 bits per heavy atom. The van der Waals surface area contributed by atoms with E-state index < -0.39 is 11.9 Å². The largest absolute Gasteiger partial charge is 0.481 e. The van der Waals surface area contributed by atoms with Gasteiger partial charge in [-0.1, -0.05) is 0 Å². The summed E-state index contributed by atoms with van der Waals surface area (Å²) < 4.78 is 0. The van der Waals surface area contributed by atoms with Crippen LogP contribution in [0.5, 0.6) is 0 Å². The number of anilines is 1. The molecule has 3 N–H and O–H groups in total. The highest BCUT2D eigenvalue weighted by Crippen LogP contribution is 2.39. The van der Waals surface area contributed by atoms with E-state index in [2.05, 4.69) is 15.5 Å². The fourth-order valence-corrected chi connectivity index (χ4v) is 1.31. The second kappa shape index (κ2) is 3.13. The van der Waals surface area contributed by atoms with E-state index in [1.54, 1.807) is 0 Å². The van der Waals surface area contributed by atoms with Crippen molar-refractivity contribution >= 4 is 17.6 Å². The maximum absolute atomic E-state index is 11.4. The highest BCUT2D eigenvalue weighted by molar-refractivity contribution is 5.97. The minimum atomic E-state index is -0.905. The Kier molecular flexibility index (Phi) is 1.95. The first-order valence-corrected chi connectivity index (χ1v) is 4.21. The van der Waals surface area contributed by atoms with Crippen molar-refractivity contribution in [2.45, 2.75) is 6.42 Å². The van der Waals surface area contributed by atoms with Gasteiger partial charge in [-0.25, -0.2) is 0 Å². The molecule has 6 heteroatoms. The fourth-order valence-electron chi connectivity index (χ4n) is 1.31. The monoisotopic (exact) mass is 195 g/mol. The summed E-state index contributed by atoms with van der Waals surface area (Å²) in [6.45, 7) is 0. The standard InChI is InChI=1S/C8H9N3O3/c12-7(5-1-6(5)8(13)14)11-4-2-9-10-3-4/h2-3,5-6H,1H2,(H,9,10)(H,11,12)(H,13,14)/t5-,6+/m1/s1. The predicted octanol–water partition coefficient (Wildman–Crippen LogP) is 0.0689. The van der Waals surface area contributed by atoms with Crippen molar-refractivity contribution in [1.29, 1.82) is 0 Å². The molecule has 0 aromatic carbocycles. The number of aliphatic carboxylic acids is 1. The fraction of sp³-hybridized carbons (Fsp3) is 0.375. The molecule has 1 saturated carbocycles. The smallest absolute Gasteiger partial charge is 0.307 e. The highest BCUT2D eigenvalue weighted by atomic mass is 16.4. The van der Waals surface area contributed by atoms with E-state index in [9.17, 15) is 9.59 Å². The number of aromatic amines is 1. The van der Waals surface area contributed by atoms with Crippen molar-refractivity contribution in [3.05, 3.63) is 12.4 Å². The van der Waals surface area contributed by atoms with Crippen LogP contribution in [0.25, 0.3) is 0 Å². The van der Waals surface area contributed by atoms with Crippen LogP contribution in [-0.4, -0.2) is 27.2 Å². The van der Waals surface area contributed by atoms with Gasteiger partial charge < -0.3 is 10.4 Å². The molecule has 0 spiro atoms. The molecule has 6 nitrogen and oxygen atoms in total. The molecule has 0 unspecified atom stereocenters. The normalized spacial score (nSPS) is 24.3. The average molecular weight is 195 g/mol. The summed E-state index contributed by atoms with van der Waals surface area (Å²) in [5, 5.41) is 17.4. The minimum Gasteiger partial charge on any atom is -0.481 e. The third-order valence-corrected chi connectivity index (χ3v) is 2.21. The Hall–Kier alpha value is -1.85. The first kappa shape index (κ1) is 8.74. The predicted molar refractivity (Wildman–Crippen MR) is 46.5 cm³/mol. The molecule has 0 saturated heterocycles. The molecule has 1 amide bonds. The van der Waals surface area contributed by atoms with Gasteiger partial charge in [0.1, 0.15) is 0 Å². The van der Waals surface area contributed by atoms with Gasteiger partial charge in [0.15, 0.2) is 0 Å². The van der Waals surface area contributed by atoms with Gasteiger partial charge >= 0.3 is 5.97 Å². The second-order valence-corrected chi connectivity index (χ2v) is 3.26. The second-order valence-electron chi connectivity index (χ2n) is 3.26. The molecule has 1 aliphatic carbocycles. The molecule has 1 fully saturated rings. The number of hydrogen-bond acceptors (Lipinski definition) is 3. The van der Waals surface area contributed by atoms with Crippen LogP contribution in [-0.2, 0) is 9.59 Å². The summed E-state index contributed by atoms with van der Waals surface area (Å²) >= 11 is 0. The Labute approximate surface area is 79.3 Å². The van der Waals surface area contributed by atoms with E-state index >= 15 is 0 Å². The van der Waals surface area contributed by atoms with Crippen molar-refractivity contribution in [2.24, 2.45) is 11.8 Å². The van der Waals surface area contributed by atoms with Crippen LogP contribution in [0.2, 0.25) is 0 Å². The Morgan fingerprint density at radius 2 is 2.36 bits per heavy atom. The van der Waals surface area contributed by atoms with E-state index in [4.69, 9.17) is 5.11 Å². The molecule has 0 aliphatic heterocycles. The van der Waals surface area contributed by atoms with Crippen molar-refractivity contribution in [2.75, 3.05) is 5.32 Å². The molecule has 1 aromatic heterocycles. The van der Waals surface area contributed by atoms with Crippen LogP contribution < -0.4 is 5.32 Å². The van der Waals surface area contributed by atoms with Crippen molar-refractivity contribution in [1.82, 2.24) is 10.2 Å². The number of H-pyrrole nitrogens is 1. The number of aromatic nitrogens is 2. The van der Waals surface area contributed by atoms with E-state index in [1.807, 2.05) is 0 Å². The van der Waals surface area contributed by atoms with Gasteiger partial charge in [-0.3, -0.25) is 14.7 Å². The summed E-state index contributed by atoms with van der Waals surface area (Å²) in [7, 11) is 0. The third kappa shape index (κ3) is 1.59. The maximum Gasteiger partial charge on any atom is 0.307 e. The number of nitrogens with one attached hydrogen (secondary N) is 2. The first-order valence-electron chi connectivity index (χ1n) is 4.21. The SMILES string of the molecule is O=C(O)[C@H]1C[C@H]1C(=O)Nc1cn[nH]c1. The zero-order valence-electron chi connectivity index (χ0n) is 7.23. The molecular formula is C8H9N3O3. The molecule has 2 atom stereocenters. The molecule has 0 radical (unpaired) electrons. The summed E-state index contributed by atoms with van der Waals surface area (Å²) in [6, 6.07) is 0. The van der Waals surface area contributed by atoms with E-state index in [0.29, 0.717) is 12.1 Å². The number of carbonyl (C=O) groups is 2. The van der Waals surface area contributed by atoms with Crippen LogP contribution in [0.4, 0.5) is 5.69 Å². The van der Waals surface area contributed by atoms with Crippen LogP contribution >= 0.6 is 0 Å². The molecule has 14 heavy (non-hydrogen) atoms. The van der Waals surface area contributed by atoms with Crippen molar-refractivity contribution in [3.8, 4) is 0 Å². The van der Waals surface area contributed by atoms with Gasteiger partial charge in [-0.15, -0.1) is 0 Å². The number of nitrogens with zero attached hydrogens (tertiary/aromatic N) is 1. The maximum atomic E-state index is 11.4. The van der Waals surface area contributed by atoms with Crippen LogP contribution in [0.1, 0.15) is 6.42 Å². The van der Waals surface area contributed by atoms with Gasteiger partial charge in [0, 0.05) is 6.20 Å². The van der Waals surface area contributed by atoms with Crippen LogP contribution in [0, 0.1) is 11.8 Å². The quantitative estimate of drug-likeness (QED) is 0.636. The number of rotatable bonds is 3. The first-order chi connectivity index (χ1) is 6.68. The zero-order valence-corrected chi connectivity index (χ0v) is 7.23. The van der Waals surface area contributed by atoms with E-state index in [1.165, 1.54) is 12.4 Å². The molecule has 2 rings (SSSR count). The topological polar surface area (TPSA) is 95.1 Å². The summed E-state index contributed by atoms with van der Waals surface area (Å²) in [5.41, 5.74) is 0.561. The number of carboxylic acid groups (broad SMARTS) is 1. The van der Waals surface area contributed by atoms with E-state index in [-0.39, 0.29) is 11.8 Å². The number of amides is 1. The highest BCUT2D eigenvalue weighted by Gasteiger charge is 2.48. The zero-order chi connectivity index (χ0) is 10.1. The third-order valence-electron chi connectivity index (χ3n) is 2.21. The Balaban J connectivity index is 1.90. The Morgan fingerprint density at radius 1 is 1.57 bits per heavy atom. The lowest BCUT2D eigenvalue weighted by Gasteiger charge is -1.98. The minimum absolute atomic E-state index is 0.251.